The molecule has 2 aromatic carbocycles. The lowest BCUT2D eigenvalue weighted by Crippen LogP contribution is -2.38. The maximum Gasteiger partial charge on any atom is 0.322 e. The number of carbonyl (C=O) groups is 1. The summed E-state index contributed by atoms with van der Waals surface area (Å²) < 4.78 is 5.68. The van der Waals surface area contributed by atoms with Crippen molar-refractivity contribution in [1.29, 1.82) is 0 Å². The fourth-order valence-corrected chi connectivity index (χ4v) is 3.02. The molecule has 0 bridgehead atoms. The number of carbonyl (C=O) groups excluding carboxylic acids is 1. The van der Waals surface area contributed by atoms with Crippen LogP contribution in [0.2, 0.25) is 5.02 Å². The lowest BCUT2D eigenvalue weighted by atomic mass is 10.00. The zero-order valence-electron chi connectivity index (χ0n) is 14.1. The molecule has 0 saturated heterocycles. The Morgan fingerprint density at radius 2 is 2.12 bits per heavy atom. The Morgan fingerprint density at radius 1 is 1.28 bits per heavy atom. The monoisotopic (exact) mass is 360 g/mol. The van der Waals surface area contributed by atoms with Gasteiger partial charge in [0.2, 0.25) is 0 Å². The van der Waals surface area contributed by atoms with Gasteiger partial charge in [-0.1, -0.05) is 24.6 Å². The van der Waals surface area contributed by atoms with Gasteiger partial charge in [-0.15, -0.1) is 0 Å². The molecule has 1 aliphatic rings. The second-order valence-electron chi connectivity index (χ2n) is 6.04. The van der Waals surface area contributed by atoms with Gasteiger partial charge in [-0.3, -0.25) is 0 Å². The molecule has 1 heterocycles. The van der Waals surface area contributed by atoms with Crippen LogP contribution in [0.4, 0.5) is 10.5 Å². The van der Waals surface area contributed by atoms with Gasteiger partial charge in [-0.05, 0) is 54.3 Å². The molecular formula is C19H21ClN2O3. The fraction of sp³-hybridized carbons (Fsp3) is 0.316. The molecule has 0 saturated carbocycles. The second kappa shape index (κ2) is 7.66. The van der Waals surface area contributed by atoms with Crippen LogP contribution < -0.4 is 10.1 Å². The molecule has 132 valence electrons. The molecule has 2 aromatic rings. The van der Waals surface area contributed by atoms with Gasteiger partial charge >= 0.3 is 6.03 Å². The molecular weight excluding hydrogens is 340 g/mol. The third-order valence-electron chi connectivity index (χ3n) is 4.13. The number of benzene rings is 2. The van der Waals surface area contributed by atoms with E-state index in [2.05, 4.69) is 5.32 Å². The quantitative estimate of drug-likeness (QED) is 0.848. The lowest BCUT2D eigenvalue weighted by Gasteiger charge is -2.29. The summed E-state index contributed by atoms with van der Waals surface area (Å²) in [7, 11) is 0. The van der Waals surface area contributed by atoms with Crippen LogP contribution in [-0.2, 0) is 13.0 Å². The van der Waals surface area contributed by atoms with Gasteiger partial charge in [-0.25, -0.2) is 4.79 Å². The van der Waals surface area contributed by atoms with Crippen LogP contribution in [0.15, 0.2) is 36.4 Å². The summed E-state index contributed by atoms with van der Waals surface area (Å²) in [5, 5.41) is 13.1. The van der Waals surface area contributed by atoms with E-state index in [0.29, 0.717) is 36.2 Å². The molecule has 0 unspecified atom stereocenters. The van der Waals surface area contributed by atoms with Crippen molar-refractivity contribution < 1.29 is 14.6 Å². The molecule has 0 aliphatic carbocycles. The van der Waals surface area contributed by atoms with Crippen LogP contribution in [0.25, 0.3) is 0 Å². The Hall–Kier alpha value is -2.40. The molecule has 2 N–H and O–H groups in total. The summed E-state index contributed by atoms with van der Waals surface area (Å²) in [5.74, 6) is 0.820. The first kappa shape index (κ1) is 17.4. The van der Waals surface area contributed by atoms with Gasteiger partial charge in [-0.2, -0.15) is 0 Å². The van der Waals surface area contributed by atoms with Crippen LogP contribution in [0.3, 0.4) is 0 Å². The van der Waals surface area contributed by atoms with Crippen LogP contribution >= 0.6 is 11.6 Å². The van der Waals surface area contributed by atoms with Gasteiger partial charge in [0.15, 0.2) is 0 Å². The number of rotatable bonds is 4. The molecule has 0 spiro atoms. The molecule has 1 aliphatic heterocycles. The van der Waals surface area contributed by atoms with Crippen molar-refractivity contribution in [2.24, 2.45) is 0 Å². The number of ether oxygens (including phenoxy) is 1. The number of phenolic OH excluding ortho intramolecular Hbond substituents is 1. The predicted octanol–water partition coefficient (Wildman–Crippen LogP) is 4.42. The Balaban J connectivity index is 1.73. The first-order valence-corrected chi connectivity index (χ1v) is 8.73. The van der Waals surface area contributed by atoms with E-state index in [1.807, 2.05) is 13.0 Å². The minimum atomic E-state index is -0.211. The summed E-state index contributed by atoms with van der Waals surface area (Å²) in [6, 6.07) is 10.3. The predicted molar refractivity (Wildman–Crippen MR) is 98.5 cm³/mol. The van der Waals surface area contributed by atoms with Crippen molar-refractivity contribution in [3.63, 3.8) is 0 Å². The van der Waals surface area contributed by atoms with Crippen molar-refractivity contribution in [3.05, 3.63) is 52.5 Å². The zero-order valence-corrected chi connectivity index (χ0v) is 14.8. The minimum Gasteiger partial charge on any atom is -0.508 e. The summed E-state index contributed by atoms with van der Waals surface area (Å²) >= 11 is 6.06. The van der Waals surface area contributed by atoms with Crippen LogP contribution in [0.1, 0.15) is 24.5 Å². The Morgan fingerprint density at radius 3 is 2.92 bits per heavy atom. The highest BCUT2D eigenvalue weighted by Gasteiger charge is 2.22. The third-order valence-corrected chi connectivity index (χ3v) is 4.37. The number of amides is 2. The van der Waals surface area contributed by atoms with Crippen molar-refractivity contribution in [2.75, 3.05) is 18.5 Å². The third kappa shape index (κ3) is 4.17. The SMILES string of the molecule is CCCOc1ccc(Cl)cc1NC(=O)N1CCc2ccc(O)cc2C1. The van der Waals surface area contributed by atoms with Gasteiger partial charge in [0, 0.05) is 18.1 Å². The maximum absolute atomic E-state index is 12.7. The topological polar surface area (TPSA) is 61.8 Å². The first-order chi connectivity index (χ1) is 12.1. The van der Waals surface area contributed by atoms with E-state index in [0.717, 1.165) is 24.0 Å². The molecule has 0 atom stereocenters. The van der Waals surface area contributed by atoms with E-state index in [4.69, 9.17) is 16.3 Å². The highest BCUT2D eigenvalue weighted by atomic mass is 35.5. The van der Waals surface area contributed by atoms with Crippen molar-refractivity contribution >= 4 is 23.3 Å². The average molecular weight is 361 g/mol. The highest BCUT2D eigenvalue weighted by molar-refractivity contribution is 6.31. The van der Waals surface area contributed by atoms with Crippen LogP contribution in [-0.4, -0.2) is 29.2 Å². The average Bonchev–Trinajstić information content (AvgIpc) is 2.60. The maximum atomic E-state index is 12.7. The number of nitrogens with one attached hydrogen (secondary N) is 1. The number of aromatic hydroxyl groups is 1. The van der Waals surface area contributed by atoms with Gasteiger partial charge in [0.05, 0.1) is 12.3 Å². The van der Waals surface area contributed by atoms with E-state index < -0.39 is 0 Å². The Kier molecular flexibility index (Phi) is 5.34. The molecule has 3 rings (SSSR count). The zero-order chi connectivity index (χ0) is 17.8. The number of nitrogens with zero attached hydrogens (tertiary/aromatic N) is 1. The van der Waals surface area contributed by atoms with Crippen molar-refractivity contribution in [1.82, 2.24) is 4.90 Å². The van der Waals surface area contributed by atoms with Crippen molar-refractivity contribution in [3.8, 4) is 11.5 Å². The first-order valence-electron chi connectivity index (χ1n) is 8.36. The summed E-state index contributed by atoms with van der Waals surface area (Å²) in [6.45, 7) is 3.67. The smallest absolute Gasteiger partial charge is 0.322 e. The summed E-state index contributed by atoms with van der Waals surface area (Å²) in [5.41, 5.74) is 2.69. The molecule has 0 fully saturated rings. The number of hydrogen-bond acceptors (Lipinski definition) is 3. The molecule has 6 heteroatoms. The van der Waals surface area contributed by atoms with Gasteiger partial charge < -0.3 is 20.1 Å². The Bertz CT molecular complexity index is 779. The van der Waals surface area contributed by atoms with Gasteiger partial charge in [0.1, 0.15) is 11.5 Å². The molecule has 2 amide bonds. The summed E-state index contributed by atoms with van der Waals surface area (Å²) in [6.07, 6.45) is 1.64. The number of hydrogen-bond donors (Lipinski definition) is 2. The summed E-state index contributed by atoms with van der Waals surface area (Å²) in [4.78, 5) is 14.4. The number of anilines is 1. The van der Waals surface area contributed by atoms with E-state index in [1.54, 1.807) is 35.2 Å². The van der Waals surface area contributed by atoms with E-state index in [9.17, 15) is 9.90 Å². The largest absolute Gasteiger partial charge is 0.508 e. The number of halogens is 1. The molecule has 0 aromatic heterocycles. The highest BCUT2D eigenvalue weighted by Crippen LogP contribution is 2.29. The van der Waals surface area contributed by atoms with Crippen LogP contribution in [0.5, 0.6) is 11.5 Å². The van der Waals surface area contributed by atoms with E-state index >= 15 is 0 Å². The van der Waals surface area contributed by atoms with Crippen LogP contribution in [0, 0.1) is 0 Å². The molecule has 0 radical (unpaired) electrons. The molecule has 5 nitrogen and oxygen atoms in total. The lowest BCUT2D eigenvalue weighted by molar-refractivity contribution is 0.206. The normalized spacial score (nSPS) is 13.3. The van der Waals surface area contributed by atoms with E-state index in [1.165, 1.54) is 0 Å². The van der Waals surface area contributed by atoms with E-state index in [-0.39, 0.29) is 11.8 Å². The number of fused-ring (bicyclic) bond motifs is 1. The van der Waals surface area contributed by atoms with Gasteiger partial charge in [0.25, 0.3) is 0 Å². The fourth-order valence-electron chi connectivity index (χ4n) is 2.85. The number of phenols is 1. The Labute approximate surface area is 152 Å². The van der Waals surface area contributed by atoms with Crippen molar-refractivity contribution in [2.45, 2.75) is 26.3 Å². The molecule has 25 heavy (non-hydrogen) atoms. The second-order valence-corrected chi connectivity index (χ2v) is 6.48. The number of urea groups is 1. The minimum absolute atomic E-state index is 0.211. The standard InChI is InChI=1S/C19H21ClN2O3/c1-2-9-25-18-6-4-15(20)11-17(18)21-19(24)22-8-7-13-3-5-16(23)10-14(13)12-22/h3-6,10-11,23H,2,7-9,12H2,1H3,(H,21,24).